The lowest BCUT2D eigenvalue weighted by molar-refractivity contribution is 0.00578. The number of benzene rings is 1. The largest absolute Gasteiger partial charge is 0.494 e. The second kappa shape index (κ2) is 4.58. The molecule has 1 aliphatic rings. The van der Waals surface area contributed by atoms with Crippen LogP contribution < -0.4 is 5.46 Å². The Morgan fingerprint density at radius 3 is 2.33 bits per heavy atom. The van der Waals surface area contributed by atoms with E-state index in [0.717, 1.165) is 22.8 Å². The summed E-state index contributed by atoms with van der Waals surface area (Å²) < 4.78 is 14.2. The molecule has 2 aromatic rings. The second-order valence-electron chi connectivity index (χ2n) is 6.86. The number of rotatable bonds is 2. The molecule has 1 aromatic heterocycles. The summed E-state index contributed by atoms with van der Waals surface area (Å²) in [6, 6.07) is 4.29. The minimum absolute atomic E-state index is 0.312. The van der Waals surface area contributed by atoms with Gasteiger partial charge in [0.05, 0.1) is 16.7 Å². The zero-order valence-electron chi connectivity index (χ0n) is 13.7. The van der Waals surface area contributed by atoms with Crippen LogP contribution in [0.2, 0.25) is 0 Å². The van der Waals surface area contributed by atoms with Crippen molar-refractivity contribution in [3.8, 4) is 0 Å². The first-order chi connectivity index (χ1) is 9.73. The number of nitrogens with zero attached hydrogens (tertiary/aromatic N) is 2. The molecule has 0 aliphatic carbocycles. The van der Waals surface area contributed by atoms with Gasteiger partial charge in [0, 0.05) is 18.6 Å². The third-order valence-electron chi connectivity index (χ3n) is 4.73. The first-order valence-electron chi connectivity index (χ1n) is 7.55. The molecule has 2 heterocycles. The van der Waals surface area contributed by atoms with Gasteiger partial charge in [-0.25, -0.2) is 0 Å². The molecule has 0 spiro atoms. The van der Waals surface area contributed by atoms with Gasteiger partial charge in [0.25, 0.3) is 0 Å². The smallest absolute Gasteiger partial charge is 0.399 e. The molecule has 112 valence electrons. The van der Waals surface area contributed by atoms with Gasteiger partial charge in [-0.05, 0) is 45.1 Å². The molecule has 0 bridgehead atoms. The van der Waals surface area contributed by atoms with Crippen LogP contribution in [-0.4, -0.2) is 28.1 Å². The summed E-state index contributed by atoms with van der Waals surface area (Å²) in [5.41, 5.74) is 2.76. The predicted octanol–water partition coefficient (Wildman–Crippen LogP) is 2.43. The van der Waals surface area contributed by atoms with Crippen LogP contribution in [0.3, 0.4) is 0 Å². The summed E-state index contributed by atoms with van der Waals surface area (Å²) in [6.45, 7) is 10.5. The van der Waals surface area contributed by atoms with E-state index < -0.39 is 0 Å². The summed E-state index contributed by atoms with van der Waals surface area (Å²) >= 11 is 0. The zero-order valence-corrected chi connectivity index (χ0v) is 13.7. The first-order valence-corrected chi connectivity index (χ1v) is 7.55. The Balaban J connectivity index is 2.06. The fraction of sp³-hybridized carbons (Fsp3) is 0.562. The van der Waals surface area contributed by atoms with Crippen LogP contribution in [0.4, 0.5) is 0 Å². The van der Waals surface area contributed by atoms with Gasteiger partial charge < -0.3 is 9.31 Å². The average Bonchev–Trinajstić information content (AvgIpc) is 2.85. The van der Waals surface area contributed by atoms with Crippen molar-refractivity contribution in [3.63, 3.8) is 0 Å². The van der Waals surface area contributed by atoms with E-state index in [0.29, 0.717) is 0 Å². The van der Waals surface area contributed by atoms with Crippen molar-refractivity contribution in [1.82, 2.24) is 9.78 Å². The standard InChI is InChI=1S/C16H23BN2O2/c1-7-11-8-13(9-12-10-19(6)18-14(11)12)17-20-15(2,3)16(4,5)21-17/h8-10H,7H2,1-6H3. The molecule has 1 aromatic carbocycles. The molecule has 1 saturated heterocycles. The highest BCUT2D eigenvalue weighted by molar-refractivity contribution is 6.62. The van der Waals surface area contributed by atoms with Gasteiger partial charge in [0.1, 0.15) is 0 Å². The minimum Gasteiger partial charge on any atom is -0.399 e. The monoisotopic (exact) mass is 286 g/mol. The molecule has 0 atom stereocenters. The fourth-order valence-electron chi connectivity index (χ4n) is 2.74. The van der Waals surface area contributed by atoms with E-state index in [4.69, 9.17) is 9.31 Å². The lowest BCUT2D eigenvalue weighted by atomic mass is 9.77. The lowest BCUT2D eigenvalue weighted by Gasteiger charge is -2.32. The summed E-state index contributed by atoms with van der Waals surface area (Å²) in [7, 11) is 1.64. The molecule has 5 heteroatoms. The van der Waals surface area contributed by atoms with E-state index in [2.05, 4.69) is 51.9 Å². The van der Waals surface area contributed by atoms with Crippen LogP contribution >= 0.6 is 0 Å². The van der Waals surface area contributed by atoms with E-state index in [1.54, 1.807) is 0 Å². The number of hydrogen-bond donors (Lipinski definition) is 0. The Bertz CT molecular complexity index is 675. The highest BCUT2D eigenvalue weighted by atomic mass is 16.7. The van der Waals surface area contributed by atoms with E-state index in [9.17, 15) is 0 Å². The Kier molecular flexibility index (Phi) is 3.19. The molecule has 0 amide bonds. The molecule has 0 radical (unpaired) electrons. The normalized spacial score (nSPS) is 20.4. The number of hydrogen-bond acceptors (Lipinski definition) is 3. The Morgan fingerprint density at radius 1 is 1.14 bits per heavy atom. The average molecular weight is 286 g/mol. The van der Waals surface area contributed by atoms with Crippen LogP contribution in [0, 0.1) is 0 Å². The van der Waals surface area contributed by atoms with Gasteiger partial charge in [0.15, 0.2) is 0 Å². The minimum atomic E-state index is -0.315. The molecule has 1 fully saturated rings. The molecule has 0 N–H and O–H groups in total. The Hall–Kier alpha value is -1.33. The van der Waals surface area contributed by atoms with E-state index in [-0.39, 0.29) is 18.3 Å². The van der Waals surface area contributed by atoms with E-state index in [1.807, 2.05) is 17.9 Å². The van der Waals surface area contributed by atoms with Crippen LogP contribution in [0.1, 0.15) is 40.2 Å². The quantitative estimate of drug-likeness (QED) is 0.796. The highest BCUT2D eigenvalue weighted by Gasteiger charge is 2.51. The maximum atomic E-state index is 6.16. The summed E-state index contributed by atoms with van der Waals surface area (Å²) in [4.78, 5) is 0. The molecule has 1 aliphatic heterocycles. The molecular formula is C16H23BN2O2. The van der Waals surface area contributed by atoms with Crippen molar-refractivity contribution in [2.45, 2.75) is 52.2 Å². The third kappa shape index (κ3) is 2.28. The maximum Gasteiger partial charge on any atom is 0.494 e. The van der Waals surface area contributed by atoms with Crippen molar-refractivity contribution in [1.29, 1.82) is 0 Å². The number of fused-ring (bicyclic) bond motifs is 1. The lowest BCUT2D eigenvalue weighted by Crippen LogP contribution is -2.41. The zero-order chi connectivity index (χ0) is 15.4. The maximum absolute atomic E-state index is 6.16. The first kappa shape index (κ1) is 14.6. The summed E-state index contributed by atoms with van der Waals surface area (Å²) in [6.07, 6.45) is 2.99. The van der Waals surface area contributed by atoms with Crippen molar-refractivity contribution in [2.75, 3.05) is 0 Å². The number of aromatic nitrogens is 2. The van der Waals surface area contributed by atoms with E-state index in [1.165, 1.54) is 5.56 Å². The summed E-state index contributed by atoms with van der Waals surface area (Å²) in [5.74, 6) is 0. The molecule has 0 saturated carbocycles. The predicted molar refractivity (Wildman–Crippen MR) is 85.8 cm³/mol. The van der Waals surface area contributed by atoms with Crippen molar-refractivity contribution in [2.24, 2.45) is 7.05 Å². The molecule has 4 nitrogen and oxygen atoms in total. The van der Waals surface area contributed by atoms with Gasteiger partial charge >= 0.3 is 7.12 Å². The van der Waals surface area contributed by atoms with Gasteiger partial charge in [0.2, 0.25) is 0 Å². The van der Waals surface area contributed by atoms with Gasteiger partial charge in [-0.3, -0.25) is 4.68 Å². The van der Waals surface area contributed by atoms with Crippen LogP contribution in [-0.2, 0) is 22.8 Å². The van der Waals surface area contributed by atoms with Gasteiger partial charge in [-0.2, -0.15) is 5.10 Å². The SMILES string of the molecule is CCc1cc(B2OC(C)(C)C(C)(C)O2)cc2cn(C)nc12. The van der Waals surface area contributed by atoms with Crippen LogP contribution in [0.25, 0.3) is 10.9 Å². The summed E-state index contributed by atoms with van der Waals surface area (Å²) in [5, 5.41) is 5.68. The number of aryl methyl sites for hydroxylation is 2. The second-order valence-corrected chi connectivity index (χ2v) is 6.86. The Labute approximate surface area is 126 Å². The van der Waals surface area contributed by atoms with Crippen LogP contribution in [0.5, 0.6) is 0 Å². The van der Waals surface area contributed by atoms with Crippen molar-refractivity contribution >= 4 is 23.5 Å². The molecule has 3 rings (SSSR count). The van der Waals surface area contributed by atoms with Crippen LogP contribution in [0.15, 0.2) is 18.3 Å². The van der Waals surface area contributed by atoms with Gasteiger partial charge in [-0.1, -0.05) is 19.1 Å². The topological polar surface area (TPSA) is 36.3 Å². The molecule has 21 heavy (non-hydrogen) atoms. The molecular weight excluding hydrogens is 263 g/mol. The van der Waals surface area contributed by atoms with E-state index >= 15 is 0 Å². The fourth-order valence-corrected chi connectivity index (χ4v) is 2.74. The molecule has 0 unspecified atom stereocenters. The van der Waals surface area contributed by atoms with Crippen molar-refractivity contribution < 1.29 is 9.31 Å². The van der Waals surface area contributed by atoms with Gasteiger partial charge in [-0.15, -0.1) is 0 Å². The van der Waals surface area contributed by atoms with Crippen molar-refractivity contribution in [3.05, 3.63) is 23.9 Å². The Morgan fingerprint density at radius 2 is 1.76 bits per heavy atom. The third-order valence-corrected chi connectivity index (χ3v) is 4.73. The highest BCUT2D eigenvalue weighted by Crippen LogP contribution is 2.36.